The Morgan fingerprint density at radius 3 is 2.83 bits per heavy atom. The number of carbonyl (C=O) groups is 1. The maximum absolute atomic E-state index is 11.8. The number of thiophene rings is 1. The Morgan fingerprint density at radius 2 is 2.28 bits per heavy atom. The van der Waals surface area contributed by atoms with Gasteiger partial charge in [-0.2, -0.15) is 0 Å². The van der Waals surface area contributed by atoms with Crippen LogP contribution in [0.2, 0.25) is 4.34 Å². The highest BCUT2D eigenvalue weighted by Crippen LogP contribution is 2.29. The summed E-state index contributed by atoms with van der Waals surface area (Å²) in [6.45, 7) is 0.633. The second-order valence-corrected chi connectivity index (χ2v) is 6.35. The third kappa shape index (κ3) is 3.46. The first kappa shape index (κ1) is 13.8. The van der Waals surface area contributed by atoms with Gasteiger partial charge in [0.15, 0.2) is 0 Å². The first-order valence-corrected chi connectivity index (χ1v) is 7.46. The molecule has 1 unspecified atom stereocenters. The molecule has 1 N–H and O–H groups in total. The molecule has 1 heterocycles. The first-order chi connectivity index (χ1) is 8.70. The van der Waals surface area contributed by atoms with E-state index in [1.54, 1.807) is 0 Å². The van der Waals surface area contributed by atoms with E-state index < -0.39 is 0 Å². The van der Waals surface area contributed by atoms with E-state index in [9.17, 15) is 4.79 Å². The lowest BCUT2D eigenvalue weighted by Crippen LogP contribution is -2.33. The molecule has 0 aliphatic heterocycles. The molecular formula is C13H18ClNO2S. The van der Waals surface area contributed by atoms with E-state index in [0.717, 1.165) is 4.88 Å². The van der Waals surface area contributed by atoms with Crippen molar-refractivity contribution in [2.45, 2.75) is 37.6 Å². The van der Waals surface area contributed by atoms with Crippen LogP contribution in [-0.2, 0) is 9.53 Å². The van der Waals surface area contributed by atoms with Gasteiger partial charge in [-0.3, -0.25) is 4.79 Å². The van der Waals surface area contributed by atoms with Gasteiger partial charge in [0, 0.05) is 17.5 Å². The molecule has 0 aromatic carbocycles. The Hall–Kier alpha value is -0.580. The highest BCUT2D eigenvalue weighted by atomic mass is 35.5. The molecule has 3 nitrogen and oxygen atoms in total. The molecule has 1 aliphatic rings. The van der Waals surface area contributed by atoms with Crippen LogP contribution in [0.1, 0.15) is 36.5 Å². The average molecular weight is 288 g/mol. The molecule has 0 bridgehead atoms. The van der Waals surface area contributed by atoms with Gasteiger partial charge < -0.3 is 10.1 Å². The van der Waals surface area contributed by atoms with Gasteiger partial charge in [0.1, 0.15) is 5.92 Å². The standard InChI is InChI=1S/C13H18ClNO2S/c1-17-13(16)10(11-6-7-12(14)18-11)8-15-9-4-2-3-5-9/h6-7,9-10,15H,2-5,8H2,1H3. The molecule has 0 amide bonds. The summed E-state index contributed by atoms with van der Waals surface area (Å²) in [5.74, 6) is -0.438. The molecule has 18 heavy (non-hydrogen) atoms. The summed E-state index contributed by atoms with van der Waals surface area (Å²) in [4.78, 5) is 12.8. The number of carbonyl (C=O) groups excluding carboxylic acids is 1. The lowest BCUT2D eigenvalue weighted by Gasteiger charge is -2.17. The number of esters is 1. The number of rotatable bonds is 5. The van der Waals surface area contributed by atoms with Gasteiger partial charge in [0.05, 0.1) is 11.4 Å². The van der Waals surface area contributed by atoms with Crippen molar-refractivity contribution in [2.24, 2.45) is 0 Å². The third-order valence-electron chi connectivity index (χ3n) is 3.39. The molecule has 1 aliphatic carbocycles. The Kier molecular flexibility index (Phi) is 5.03. The maximum atomic E-state index is 11.8. The number of methoxy groups -OCH3 is 1. The minimum Gasteiger partial charge on any atom is -0.468 e. The first-order valence-electron chi connectivity index (χ1n) is 6.27. The molecule has 5 heteroatoms. The summed E-state index contributed by atoms with van der Waals surface area (Å²) in [6, 6.07) is 4.28. The molecule has 1 atom stereocenters. The summed E-state index contributed by atoms with van der Waals surface area (Å²) in [7, 11) is 1.43. The van der Waals surface area contributed by atoms with Crippen molar-refractivity contribution < 1.29 is 9.53 Å². The van der Waals surface area contributed by atoms with E-state index in [1.807, 2.05) is 12.1 Å². The van der Waals surface area contributed by atoms with Crippen LogP contribution in [0, 0.1) is 0 Å². The molecule has 100 valence electrons. The van der Waals surface area contributed by atoms with Crippen LogP contribution in [0.3, 0.4) is 0 Å². The lowest BCUT2D eigenvalue weighted by molar-refractivity contribution is -0.142. The predicted molar refractivity (Wildman–Crippen MR) is 74.3 cm³/mol. The fourth-order valence-corrected chi connectivity index (χ4v) is 3.52. The molecule has 1 fully saturated rings. The van der Waals surface area contributed by atoms with Gasteiger partial charge >= 0.3 is 5.97 Å². The van der Waals surface area contributed by atoms with Gasteiger partial charge in [-0.25, -0.2) is 0 Å². The lowest BCUT2D eigenvalue weighted by atomic mass is 10.1. The summed E-state index contributed by atoms with van der Waals surface area (Å²) < 4.78 is 5.58. The number of ether oxygens (including phenoxy) is 1. The summed E-state index contributed by atoms with van der Waals surface area (Å²) >= 11 is 7.37. The van der Waals surface area contributed by atoms with Crippen molar-refractivity contribution in [2.75, 3.05) is 13.7 Å². The molecule has 0 spiro atoms. The van der Waals surface area contributed by atoms with Crippen LogP contribution in [0.15, 0.2) is 12.1 Å². The second kappa shape index (κ2) is 6.55. The molecular weight excluding hydrogens is 270 g/mol. The van der Waals surface area contributed by atoms with Crippen molar-refractivity contribution in [3.8, 4) is 0 Å². The molecule has 2 rings (SSSR count). The minimum atomic E-state index is -0.243. The van der Waals surface area contributed by atoms with Crippen LogP contribution in [-0.4, -0.2) is 25.7 Å². The highest BCUT2D eigenvalue weighted by molar-refractivity contribution is 7.16. The zero-order chi connectivity index (χ0) is 13.0. The number of nitrogens with one attached hydrogen (secondary N) is 1. The molecule has 0 saturated heterocycles. The van der Waals surface area contributed by atoms with Gasteiger partial charge in [-0.05, 0) is 25.0 Å². The fraction of sp³-hybridized carbons (Fsp3) is 0.615. The zero-order valence-corrected chi connectivity index (χ0v) is 12.0. The Bertz CT molecular complexity index is 401. The summed E-state index contributed by atoms with van der Waals surface area (Å²) in [5.41, 5.74) is 0. The van der Waals surface area contributed by atoms with E-state index in [-0.39, 0.29) is 11.9 Å². The van der Waals surface area contributed by atoms with E-state index in [4.69, 9.17) is 16.3 Å². The highest BCUT2D eigenvalue weighted by Gasteiger charge is 2.25. The quantitative estimate of drug-likeness (QED) is 0.845. The molecule has 1 saturated carbocycles. The summed E-state index contributed by atoms with van der Waals surface area (Å²) in [5, 5.41) is 3.47. The van der Waals surface area contributed by atoms with Crippen molar-refractivity contribution in [1.29, 1.82) is 0 Å². The van der Waals surface area contributed by atoms with E-state index in [0.29, 0.717) is 16.9 Å². The largest absolute Gasteiger partial charge is 0.468 e. The fourth-order valence-electron chi connectivity index (χ4n) is 2.37. The van der Waals surface area contributed by atoms with E-state index >= 15 is 0 Å². The number of hydrogen-bond acceptors (Lipinski definition) is 4. The van der Waals surface area contributed by atoms with Crippen molar-refractivity contribution >= 4 is 28.9 Å². The van der Waals surface area contributed by atoms with Crippen LogP contribution in [0.4, 0.5) is 0 Å². The Balaban J connectivity index is 1.98. The molecule has 0 radical (unpaired) electrons. The third-order valence-corrected chi connectivity index (χ3v) is 4.73. The normalized spacial score (nSPS) is 17.9. The molecule has 1 aromatic heterocycles. The zero-order valence-electron chi connectivity index (χ0n) is 10.4. The van der Waals surface area contributed by atoms with Crippen molar-refractivity contribution in [3.05, 3.63) is 21.3 Å². The Morgan fingerprint density at radius 1 is 1.56 bits per heavy atom. The van der Waals surface area contributed by atoms with Crippen LogP contribution < -0.4 is 5.32 Å². The minimum absolute atomic E-state index is 0.195. The van der Waals surface area contributed by atoms with Crippen LogP contribution in [0.5, 0.6) is 0 Å². The SMILES string of the molecule is COC(=O)C(CNC1CCCC1)c1ccc(Cl)s1. The van der Waals surface area contributed by atoms with E-state index in [2.05, 4.69) is 5.32 Å². The summed E-state index contributed by atoms with van der Waals surface area (Å²) in [6.07, 6.45) is 4.98. The topological polar surface area (TPSA) is 38.3 Å². The van der Waals surface area contributed by atoms with Crippen molar-refractivity contribution in [3.63, 3.8) is 0 Å². The average Bonchev–Trinajstić information content (AvgIpc) is 3.01. The van der Waals surface area contributed by atoms with Gasteiger partial charge in [-0.15, -0.1) is 11.3 Å². The smallest absolute Gasteiger partial charge is 0.315 e. The number of hydrogen-bond donors (Lipinski definition) is 1. The van der Waals surface area contributed by atoms with Crippen LogP contribution >= 0.6 is 22.9 Å². The maximum Gasteiger partial charge on any atom is 0.315 e. The second-order valence-electron chi connectivity index (χ2n) is 4.61. The van der Waals surface area contributed by atoms with Crippen molar-refractivity contribution in [1.82, 2.24) is 5.32 Å². The Labute approximate surface area is 116 Å². The van der Waals surface area contributed by atoms with Gasteiger partial charge in [0.25, 0.3) is 0 Å². The number of halogens is 1. The molecule has 1 aromatic rings. The predicted octanol–water partition coefficient (Wildman–Crippen LogP) is 3.19. The van der Waals surface area contributed by atoms with Crippen LogP contribution in [0.25, 0.3) is 0 Å². The van der Waals surface area contributed by atoms with Gasteiger partial charge in [0.2, 0.25) is 0 Å². The van der Waals surface area contributed by atoms with Gasteiger partial charge in [-0.1, -0.05) is 24.4 Å². The monoisotopic (exact) mass is 287 g/mol. The van der Waals surface area contributed by atoms with E-state index in [1.165, 1.54) is 44.1 Å².